The molecule has 1 fully saturated rings. The highest BCUT2D eigenvalue weighted by Crippen LogP contribution is 2.33. The van der Waals surface area contributed by atoms with E-state index >= 15 is 0 Å². The summed E-state index contributed by atoms with van der Waals surface area (Å²) in [5, 5.41) is 18.1. The Morgan fingerprint density at radius 2 is 1.25 bits per heavy atom. The Hall–Kier alpha value is -4.00. The average Bonchev–Trinajstić information content (AvgIpc) is 2.77. The number of ether oxygens (including phenoxy) is 1. The lowest BCUT2D eigenvalue weighted by atomic mass is 9.79. The number of carbonyl (C=O) groups excluding carboxylic acids is 2. The molecule has 0 bridgehead atoms. The van der Waals surface area contributed by atoms with Gasteiger partial charge in [-0.2, -0.15) is 0 Å². The lowest BCUT2D eigenvalue weighted by molar-refractivity contribution is -0.148. The predicted molar refractivity (Wildman–Crippen MR) is 117 cm³/mol. The van der Waals surface area contributed by atoms with Gasteiger partial charge in [-0.05, 0) is 67.3 Å². The van der Waals surface area contributed by atoms with Crippen molar-refractivity contribution in [3.63, 3.8) is 0 Å². The molecular weight excluding hydrogens is 412 g/mol. The van der Waals surface area contributed by atoms with Crippen LogP contribution in [0.3, 0.4) is 0 Å². The SMILES string of the molecule is CCOC(=O)C1C/C(=C\c2ccc(C(=O)O)cc2)C(=O)/C(=C/c2ccc(C(=O)O)cc2)C1. The lowest BCUT2D eigenvalue weighted by Crippen LogP contribution is -2.27. The van der Waals surface area contributed by atoms with E-state index in [0.29, 0.717) is 22.3 Å². The molecule has 0 heterocycles. The average molecular weight is 434 g/mol. The first-order valence-electron chi connectivity index (χ1n) is 10.1. The summed E-state index contributed by atoms with van der Waals surface area (Å²) in [4.78, 5) is 47.7. The maximum atomic E-state index is 13.1. The third-order valence-electron chi connectivity index (χ3n) is 5.13. The molecule has 1 aliphatic carbocycles. The molecule has 1 aliphatic rings. The minimum atomic E-state index is -1.04. The van der Waals surface area contributed by atoms with Gasteiger partial charge in [-0.3, -0.25) is 9.59 Å². The molecule has 0 unspecified atom stereocenters. The molecule has 2 N–H and O–H groups in total. The summed E-state index contributed by atoms with van der Waals surface area (Å²) in [6.07, 6.45) is 3.74. The summed E-state index contributed by atoms with van der Waals surface area (Å²) in [5.41, 5.74) is 2.41. The van der Waals surface area contributed by atoms with Gasteiger partial charge in [-0.25, -0.2) is 9.59 Å². The molecule has 0 aromatic heterocycles. The van der Waals surface area contributed by atoms with E-state index in [9.17, 15) is 19.2 Å². The maximum absolute atomic E-state index is 13.1. The number of carboxylic acids is 2. The molecule has 7 nitrogen and oxygen atoms in total. The molecule has 3 rings (SSSR count). The largest absolute Gasteiger partial charge is 0.478 e. The van der Waals surface area contributed by atoms with Crippen LogP contribution in [-0.2, 0) is 14.3 Å². The molecule has 0 aliphatic heterocycles. The number of allylic oxidation sites excluding steroid dienone is 2. The van der Waals surface area contributed by atoms with Gasteiger partial charge in [0.25, 0.3) is 0 Å². The van der Waals surface area contributed by atoms with Crippen LogP contribution in [0.4, 0.5) is 0 Å². The second kappa shape index (κ2) is 9.87. The molecule has 0 atom stereocenters. The number of Topliss-reactive ketones (excluding diaryl/α,β-unsaturated/α-hetero) is 1. The standard InChI is InChI=1S/C25H22O7/c1-2-32-25(31)21-13-19(11-15-3-7-17(8-4-15)23(27)28)22(26)20(14-21)12-16-5-9-18(10-6-16)24(29)30/h3-12,21H,2,13-14H2,1H3,(H,27,28)(H,29,30)/b19-11+,20-12+. The van der Waals surface area contributed by atoms with E-state index in [1.54, 1.807) is 43.3 Å². The second-order valence-electron chi connectivity index (χ2n) is 7.38. The third-order valence-corrected chi connectivity index (χ3v) is 5.13. The molecule has 1 saturated carbocycles. The Kier molecular flexibility index (Phi) is 7.00. The van der Waals surface area contributed by atoms with Crippen molar-refractivity contribution >= 4 is 35.8 Å². The fourth-order valence-electron chi connectivity index (χ4n) is 3.52. The first kappa shape index (κ1) is 22.7. The molecule has 0 spiro atoms. The van der Waals surface area contributed by atoms with Gasteiger partial charge < -0.3 is 14.9 Å². The van der Waals surface area contributed by atoms with Crippen molar-refractivity contribution in [3.8, 4) is 0 Å². The number of esters is 1. The first-order chi connectivity index (χ1) is 15.3. The zero-order valence-electron chi connectivity index (χ0n) is 17.4. The number of hydrogen-bond donors (Lipinski definition) is 2. The van der Waals surface area contributed by atoms with Crippen LogP contribution in [0.2, 0.25) is 0 Å². The molecule has 7 heteroatoms. The summed E-state index contributed by atoms with van der Waals surface area (Å²) in [5.74, 6) is -3.21. The fourth-order valence-corrected chi connectivity index (χ4v) is 3.52. The number of benzene rings is 2. The van der Waals surface area contributed by atoms with Crippen LogP contribution in [0, 0.1) is 5.92 Å². The van der Waals surface area contributed by atoms with Gasteiger partial charge in [0.15, 0.2) is 5.78 Å². The molecule has 2 aromatic rings. The van der Waals surface area contributed by atoms with Crippen molar-refractivity contribution in [2.45, 2.75) is 19.8 Å². The number of aromatic carboxylic acids is 2. The molecule has 32 heavy (non-hydrogen) atoms. The Morgan fingerprint density at radius 3 is 1.59 bits per heavy atom. The number of carboxylic acid groups (broad SMARTS) is 2. The minimum absolute atomic E-state index is 0.136. The van der Waals surface area contributed by atoms with E-state index in [1.165, 1.54) is 24.3 Å². The smallest absolute Gasteiger partial charge is 0.335 e. The molecule has 0 radical (unpaired) electrons. The van der Waals surface area contributed by atoms with Crippen LogP contribution in [0.5, 0.6) is 0 Å². The summed E-state index contributed by atoms with van der Waals surface area (Å²) < 4.78 is 5.16. The first-order valence-corrected chi connectivity index (χ1v) is 10.1. The van der Waals surface area contributed by atoms with Gasteiger partial charge in [0.05, 0.1) is 23.7 Å². The van der Waals surface area contributed by atoms with E-state index in [-0.39, 0.29) is 42.3 Å². The second-order valence-corrected chi connectivity index (χ2v) is 7.38. The fraction of sp³-hybridized carbons (Fsp3) is 0.200. The van der Waals surface area contributed by atoms with Gasteiger partial charge in [-0.15, -0.1) is 0 Å². The highest BCUT2D eigenvalue weighted by atomic mass is 16.5. The zero-order chi connectivity index (χ0) is 23.3. The molecule has 2 aromatic carbocycles. The Morgan fingerprint density at radius 1 is 0.844 bits per heavy atom. The quantitative estimate of drug-likeness (QED) is 0.519. The zero-order valence-corrected chi connectivity index (χ0v) is 17.4. The summed E-state index contributed by atoms with van der Waals surface area (Å²) >= 11 is 0. The normalized spacial score (nSPS) is 18.5. The third kappa shape index (κ3) is 5.37. The van der Waals surface area contributed by atoms with Gasteiger partial charge >= 0.3 is 17.9 Å². The van der Waals surface area contributed by atoms with Gasteiger partial charge in [0.1, 0.15) is 0 Å². The van der Waals surface area contributed by atoms with E-state index in [1.807, 2.05) is 0 Å². The summed E-state index contributed by atoms with van der Waals surface area (Å²) in [7, 11) is 0. The predicted octanol–water partition coefficient (Wildman–Crippen LogP) is 4.09. The number of rotatable bonds is 6. The van der Waals surface area contributed by atoms with Gasteiger partial charge in [0.2, 0.25) is 0 Å². The Balaban J connectivity index is 1.95. The molecule has 0 amide bonds. The minimum Gasteiger partial charge on any atom is -0.478 e. The van der Waals surface area contributed by atoms with Crippen LogP contribution >= 0.6 is 0 Å². The van der Waals surface area contributed by atoms with Crippen molar-refractivity contribution in [3.05, 3.63) is 81.9 Å². The van der Waals surface area contributed by atoms with Gasteiger partial charge in [-0.1, -0.05) is 24.3 Å². The number of hydrogen-bond acceptors (Lipinski definition) is 5. The Labute approximate surface area is 184 Å². The van der Waals surface area contributed by atoms with Crippen LogP contribution in [0.1, 0.15) is 51.6 Å². The number of carbonyl (C=O) groups is 4. The molecule has 164 valence electrons. The van der Waals surface area contributed by atoms with E-state index in [2.05, 4.69) is 0 Å². The topological polar surface area (TPSA) is 118 Å². The summed E-state index contributed by atoms with van der Waals surface area (Å²) in [6, 6.07) is 12.2. The van der Waals surface area contributed by atoms with Crippen molar-refractivity contribution < 1.29 is 34.1 Å². The van der Waals surface area contributed by atoms with E-state index in [4.69, 9.17) is 14.9 Å². The van der Waals surface area contributed by atoms with Crippen molar-refractivity contribution in [1.29, 1.82) is 0 Å². The lowest BCUT2D eigenvalue weighted by Gasteiger charge is -2.24. The molecule has 0 saturated heterocycles. The van der Waals surface area contributed by atoms with Gasteiger partial charge in [0, 0.05) is 11.1 Å². The van der Waals surface area contributed by atoms with Crippen LogP contribution < -0.4 is 0 Å². The summed E-state index contributed by atoms with van der Waals surface area (Å²) in [6.45, 7) is 1.95. The highest BCUT2D eigenvalue weighted by molar-refractivity contribution is 6.15. The van der Waals surface area contributed by atoms with Crippen molar-refractivity contribution in [2.75, 3.05) is 6.61 Å². The highest BCUT2D eigenvalue weighted by Gasteiger charge is 2.33. The van der Waals surface area contributed by atoms with Crippen LogP contribution in [0.15, 0.2) is 59.7 Å². The monoisotopic (exact) mass is 434 g/mol. The van der Waals surface area contributed by atoms with E-state index in [0.717, 1.165) is 0 Å². The number of ketones is 1. The van der Waals surface area contributed by atoms with E-state index < -0.39 is 17.9 Å². The maximum Gasteiger partial charge on any atom is 0.335 e. The van der Waals surface area contributed by atoms with Crippen molar-refractivity contribution in [2.24, 2.45) is 5.92 Å². The Bertz CT molecular complexity index is 1030. The van der Waals surface area contributed by atoms with Crippen LogP contribution in [0.25, 0.3) is 12.2 Å². The van der Waals surface area contributed by atoms with Crippen molar-refractivity contribution in [1.82, 2.24) is 0 Å². The van der Waals surface area contributed by atoms with Crippen LogP contribution in [-0.4, -0.2) is 40.5 Å². The molecular formula is C25H22O7.